The summed E-state index contributed by atoms with van der Waals surface area (Å²) in [6.07, 6.45) is 7.90. The SMILES string of the molecule is BC(B)(C1C2CCC3CC4CCC1C342)C(C)(C)C. The molecule has 0 N–H and O–H groups in total. The lowest BCUT2D eigenvalue weighted by Crippen LogP contribution is -2.66. The minimum absolute atomic E-state index is 0.458. The predicted octanol–water partition coefficient (Wildman–Crippen LogP) is 2.49. The highest BCUT2D eigenvalue weighted by Crippen LogP contribution is 2.85. The molecule has 0 nitrogen and oxygen atoms in total. The molecular formula is C16H28B2. The third-order valence-electron chi connectivity index (χ3n) is 8.55. The van der Waals surface area contributed by atoms with Gasteiger partial charge in [-0.3, -0.25) is 0 Å². The Balaban J connectivity index is 1.70. The number of rotatable bonds is 1. The molecule has 0 aromatic rings. The lowest BCUT2D eigenvalue weighted by Gasteiger charge is -2.71. The van der Waals surface area contributed by atoms with Crippen LogP contribution in [0, 0.1) is 40.4 Å². The highest BCUT2D eigenvalue weighted by Gasteiger charge is 2.78. The zero-order chi connectivity index (χ0) is 12.9. The summed E-state index contributed by atoms with van der Waals surface area (Å²) in [7, 11) is 5.15. The first-order chi connectivity index (χ1) is 8.31. The fourth-order valence-corrected chi connectivity index (χ4v) is 7.06. The molecule has 0 aromatic carbocycles. The molecule has 4 aliphatic rings. The lowest BCUT2D eigenvalue weighted by atomic mass is 9.26. The van der Waals surface area contributed by atoms with E-state index in [1.807, 2.05) is 0 Å². The number of hydrogen-bond acceptors (Lipinski definition) is 0. The van der Waals surface area contributed by atoms with E-state index >= 15 is 0 Å². The zero-order valence-electron chi connectivity index (χ0n) is 12.9. The van der Waals surface area contributed by atoms with Crippen molar-refractivity contribution in [3.63, 3.8) is 0 Å². The van der Waals surface area contributed by atoms with E-state index in [1.165, 1.54) is 0 Å². The average Bonchev–Trinajstić information content (AvgIpc) is 2.58. The Hall–Kier alpha value is 0.130. The molecule has 4 aliphatic carbocycles. The van der Waals surface area contributed by atoms with E-state index in [-0.39, 0.29) is 0 Å². The monoisotopic (exact) mass is 242 g/mol. The van der Waals surface area contributed by atoms with Crippen LogP contribution in [0.5, 0.6) is 0 Å². The Labute approximate surface area is 114 Å². The molecule has 1 spiro atoms. The fourth-order valence-electron chi connectivity index (χ4n) is 7.06. The van der Waals surface area contributed by atoms with Crippen LogP contribution in [-0.2, 0) is 0 Å². The second-order valence-electron chi connectivity index (χ2n) is 9.49. The Morgan fingerprint density at radius 1 is 0.889 bits per heavy atom. The molecule has 2 heteroatoms. The minimum Gasteiger partial charge on any atom is -0.0766 e. The van der Waals surface area contributed by atoms with Gasteiger partial charge < -0.3 is 0 Å². The van der Waals surface area contributed by atoms with Gasteiger partial charge in [-0.25, -0.2) is 0 Å². The van der Waals surface area contributed by atoms with Crippen LogP contribution in [0.2, 0.25) is 5.21 Å². The second-order valence-corrected chi connectivity index (χ2v) is 9.49. The summed E-state index contributed by atoms with van der Waals surface area (Å²) in [5, 5.41) is 0.521. The van der Waals surface area contributed by atoms with Crippen molar-refractivity contribution in [3.8, 4) is 0 Å². The summed E-state index contributed by atoms with van der Waals surface area (Å²) in [4.78, 5) is 0. The van der Waals surface area contributed by atoms with Crippen LogP contribution >= 0.6 is 0 Å². The molecular weight excluding hydrogens is 214 g/mol. The Morgan fingerprint density at radius 2 is 1.39 bits per heavy atom. The van der Waals surface area contributed by atoms with Gasteiger partial charge >= 0.3 is 0 Å². The molecule has 0 bridgehead atoms. The standard InChI is InChI=1S/C16H28B2/c1-14(2,3)16(17,18)13-11-6-4-9-8-10-5-7-12(13)15(9,10)11/h9-13H,4-8,17-18H2,1-3H3. The first-order valence-electron chi connectivity index (χ1n) is 8.31. The van der Waals surface area contributed by atoms with Gasteiger partial charge in [0.2, 0.25) is 0 Å². The van der Waals surface area contributed by atoms with E-state index in [0.717, 1.165) is 35.0 Å². The molecule has 4 atom stereocenters. The maximum atomic E-state index is 2.57. The van der Waals surface area contributed by atoms with Gasteiger partial charge in [-0.2, -0.15) is 0 Å². The van der Waals surface area contributed by atoms with Gasteiger partial charge in [0.25, 0.3) is 0 Å². The summed E-state index contributed by atoms with van der Waals surface area (Å²) in [6.45, 7) is 7.41. The summed E-state index contributed by atoms with van der Waals surface area (Å²) < 4.78 is 0. The first kappa shape index (κ1) is 11.9. The van der Waals surface area contributed by atoms with Crippen LogP contribution < -0.4 is 0 Å². The summed E-state index contributed by atoms with van der Waals surface area (Å²) in [6, 6.07) is 0. The fraction of sp³-hybridized carbons (Fsp3) is 1.00. The Bertz CT molecular complexity index is 368. The Kier molecular flexibility index (Phi) is 2.03. The van der Waals surface area contributed by atoms with Gasteiger partial charge in [0, 0.05) is 0 Å². The molecule has 0 aliphatic heterocycles. The highest BCUT2D eigenvalue weighted by molar-refractivity contribution is 6.40. The highest BCUT2D eigenvalue weighted by atomic mass is 14.8. The van der Waals surface area contributed by atoms with Gasteiger partial charge in [-0.1, -0.05) is 26.0 Å². The predicted molar refractivity (Wildman–Crippen MR) is 82.2 cm³/mol. The smallest absolute Gasteiger partial charge is 0.0766 e. The van der Waals surface area contributed by atoms with Crippen LogP contribution in [0.4, 0.5) is 0 Å². The third kappa shape index (κ3) is 0.988. The van der Waals surface area contributed by atoms with Crippen molar-refractivity contribution in [2.45, 2.75) is 58.1 Å². The molecule has 0 aromatic heterocycles. The van der Waals surface area contributed by atoms with Crippen molar-refractivity contribution in [1.29, 1.82) is 0 Å². The lowest BCUT2D eigenvalue weighted by molar-refractivity contribution is -0.203. The molecule has 4 saturated carbocycles. The quantitative estimate of drug-likeness (QED) is 0.619. The summed E-state index contributed by atoms with van der Waals surface area (Å²) in [5.74, 6) is 5.58. The largest absolute Gasteiger partial charge is 0.100 e. The van der Waals surface area contributed by atoms with Gasteiger partial charge in [0.05, 0.1) is 0 Å². The van der Waals surface area contributed by atoms with Crippen LogP contribution in [0.15, 0.2) is 0 Å². The van der Waals surface area contributed by atoms with E-state index in [4.69, 9.17) is 0 Å². The minimum atomic E-state index is 0.458. The average molecular weight is 242 g/mol. The molecule has 98 valence electrons. The van der Waals surface area contributed by atoms with E-state index in [2.05, 4.69) is 36.5 Å². The van der Waals surface area contributed by atoms with Crippen LogP contribution in [-0.4, -0.2) is 15.7 Å². The van der Waals surface area contributed by atoms with Crippen molar-refractivity contribution in [2.24, 2.45) is 40.4 Å². The summed E-state index contributed by atoms with van der Waals surface area (Å²) in [5.41, 5.74) is 1.35. The van der Waals surface area contributed by atoms with Gasteiger partial charge in [0.1, 0.15) is 15.7 Å². The second kappa shape index (κ2) is 3.07. The molecule has 0 radical (unpaired) electrons. The van der Waals surface area contributed by atoms with Crippen molar-refractivity contribution in [2.75, 3.05) is 0 Å². The van der Waals surface area contributed by atoms with Gasteiger partial charge in [0.15, 0.2) is 0 Å². The summed E-state index contributed by atoms with van der Waals surface area (Å²) >= 11 is 0. The van der Waals surface area contributed by atoms with Crippen molar-refractivity contribution in [3.05, 3.63) is 0 Å². The van der Waals surface area contributed by atoms with Crippen molar-refractivity contribution < 1.29 is 0 Å². The van der Waals surface area contributed by atoms with E-state index < -0.39 is 0 Å². The van der Waals surface area contributed by atoms with Gasteiger partial charge in [-0.05, 0) is 72.5 Å². The maximum absolute atomic E-state index is 2.57. The number of hydrogen-bond donors (Lipinski definition) is 0. The van der Waals surface area contributed by atoms with E-state index in [9.17, 15) is 0 Å². The first-order valence-corrected chi connectivity index (χ1v) is 8.31. The zero-order valence-corrected chi connectivity index (χ0v) is 12.9. The molecule has 0 amide bonds. The topological polar surface area (TPSA) is 0 Å². The third-order valence-corrected chi connectivity index (χ3v) is 8.55. The van der Waals surface area contributed by atoms with Gasteiger partial charge in [-0.15, -0.1) is 0 Å². The van der Waals surface area contributed by atoms with E-state index in [1.54, 1.807) is 32.1 Å². The van der Waals surface area contributed by atoms with Crippen LogP contribution in [0.3, 0.4) is 0 Å². The molecule has 4 fully saturated rings. The molecule has 0 saturated heterocycles. The molecule has 4 rings (SSSR count). The van der Waals surface area contributed by atoms with Crippen molar-refractivity contribution in [1.82, 2.24) is 0 Å². The maximum Gasteiger partial charge on any atom is 0.100 e. The molecule has 0 heterocycles. The van der Waals surface area contributed by atoms with Crippen molar-refractivity contribution >= 4 is 15.7 Å². The van der Waals surface area contributed by atoms with Crippen LogP contribution in [0.25, 0.3) is 0 Å². The van der Waals surface area contributed by atoms with Crippen LogP contribution in [0.1, 0.15) is 52.9 Å². The molecule has 4 unspecified atom stereocenters. The molecule has 18 heavy (non-hydrogen) atoms. The normalized spacial score (nSPS) is 53.4. The van der Waals surface area contributed by atoms with E-state index in [0.29, 0.717) is 10.6 Å². The Morgan fingerprint density at radius 3 is 1.83 bits per heavy atom.